The van der Waals surface area contributed by atoms with Gasteiger partial charge < -0.3 is 19.0 Å². The van der Waals surface area contributed by atoms with Crippen LogP contribution in [0.3, 0.4) is 0 Å². The van der Waals surface area contributed by atoms with Crippen LogP contribution in [0.5, 0.6) is 5.75 Å². The van der Waals surface area contributed by atoms with E-state index in [0.29, 0.717) is 18.0 Å². The van der Waals surface area contributed by atoms with Gasteiger partial charge in [-0.05, 0) is 37.7 Å². The minimum absolute atomic E-state index is 0.101. The predicted octanol–water partition coefficient (Wildman–Crippen LogP) is 3.05. The molecule has 0 aliphatic heterocycles. The number of hydrogen-bond donors (Lipinski definition) is 1. The number of fused-ring (bicyclic) bond motifs is 1. The third-order valence-corrected chi connectivity index (χ3v) is 3.15. The van der Waals surface area contributed by atoms with Gasteiger partial charge >= 0.3 is 5.97 Å². The molecule has 0 radical (unpaired) electrons. The molecular weight excluding hydrogens is 276 g/mol. The summed E-state index contributed by atoms with van der Waals surface area (Å²) < 4.78 is 12.9. The number of nitrogens with zero attached hydrogens (tertiary/aromatic N) is 1. The zero-order valence-electron chi connectivity index (χ0n) is 11.6. The van der Waals surface area contributed by atoms with Crippen LogP contribution in [-0.2, 0) is 16.1 Å². The van der Waals surface area contributed by atoms with Crippen LogP contribution in [0.2, 0.25) is 0 Å². The molecule has 1 N–H and O–H groups in total. The number of ether oxygens (including phenoxy) is 2. The van der Waals surface area contributed by atoms with Crippen molar-refractivity contribution in [3.8, 4) is 5.75 Å². The highest BCUT2D eigenvalue weighted by Crippen LogP contribution is 2.25. The number of aromatic nitrogens is 2. The Morgan fingerprint density at radius 2 is 2.20 bits per heavy atom. The van der Waals surface area contributed by atoms with E-state index in [1.165, 1.54) is 0 Å². The number of para-hydroxylation sites is 1. The number of benzene rings is 1. The molecule has 2 rings (SSSR count). The molecule has 0 spiro atoms. The lowest BCUT2D eigenvalue weighted by atomic mass is 10.3. The fourth-order valence-electron chi connectivity index (χ4n) is 1.98. The Balaban J connectivity index is 2.39. The number of imidazole rings is 1. The van der Waals surface area contributed by atoms with E-state index < -0.39 is 0 Å². The van der Waals surface area contributed by atoms with E-state index in [0.717, 1.165) is 23.2 Å². The molecule has 0 bridgehead atoms. The van der Waals surface area contributed by atoms with Crippen molar-refractivity contribution in [1.29, 1.82) is 0 Å². The maximum Gasteiger partial charge on any atom is 0.326 e. The van der Waals surface area contributed by atoms with E-state index in [9.17, 15) is 4.79 Å². The summed E-state index contributed by atoms with van der Waals surface area (Å²) in [6, 6.07) is 5.68. The van der Waals surface area contributed by atoms with Gasteiger partial charge in [0.2, 0.25) is 0 Å². The summed E-state index contributed by atoms with van der Waals surface area (Å²) in [6.07, 6.45) is 0.931. The molecule has 0 amide bonds. The van der Waals surface area contributed by atoms with Crippen molar-refractivity contribution >= 4 is 29.2 Å². The van der Waals surface area contributed by atoms with E-state index in [1.54, 1.807) is 11.5 Å². The SMILES string of the molecule is CCCOc1cccc2c1[nH]c(=S)n2CC(=O)OCC. The maximum atomic E-state index is 11.6. The van der Waals surface area contributed by atoms with Crippen LogP contribution in [0.1, 0.15) is 20.3 Å². The minimum Gasteiger partial charge on any atom is -0.491 e. The molecule has 1 aromatic carbocycles. The minimum atomic E-state index is -0.302. The lowest BCUT2D eigenvalue weighted by molar-refractivity contribution is -0.143. The zero-order valence-corrected chi connectivity index (χ0v) is 12.5. The van der Waals surface area contributed by atoms with Gasteiger partial charge in [0.25, 0.3) is 0 Å². The van der Waals surface area contributed by atoms with E-state index in [4.69, 9.17) is 21.7 Å². The maximum absolute atomic E-state index is 11.6. The van der Waals surface area contributed by atoms with Gasteiger partial charge in [-0.1, -0.05) is 13.0 Å². The molecule has 108 valence electrons. The summed E-state index contributed by atoms with van der Waals surface area (Å²) in [5.74, 6) is 0.447. The first kappa shape index (κ1) is 14.6. The second-order valence-electron chi connectivity index (χ2n) is 4.32. The second kappa shape index (κ2) is 6.56. The van der Waals surface area contributed by atoms with E-state index in [-0.39, 0.29) is 12.5 Å². The Morgan fingerprint density at radius 1 is 1.40 bits per heavy atom. The number of carbonyl (C=O) groups excluding carboxylic acids is 1. The quantitative estimate of drug-likeness (QED) is 0.657. The van der Waals surface area contributed by atoms with Crippen molar-refractivity contribution in [2.75, 3.05) is 13.2 Å². The largest absolute Gasteiger partial charge is 0.491 e. The average Bonchev–Trinajstić information content (AvgIpc) is 2.74. The first-order valence-corrected chi connectivity index (χ1v) is 7.08. The molecule has 0 aliphatic rings. The Morgan fingerprint density at radius 3 is 2.90 bits per heavy atom. The Bertz CT molecular complexity index is 660. The fraction of sp³-hybridized carbons (Fsp3) is 0.429. The molecule has 1 aromatic heterocycles. The van der Waals surface area contributed by atoms with Crippen LogP contribution in [0.15, 0.2) is 18.2 Å². The zero-order chi connectivity index (χ0) is 14.5. The highest BCUT2D eigenvalue weighted by molar-refractivity contribution is 7.71. The Kier molecular flexibility index (Phi) is 4.79. The normalized spacial score (nSPS) is 10.7. The highest BCUT2D eigenvalue weighted by Gasteiger charge is 2.12. The third kappa shape index (κ3) is 3.01. The van der Waals surface area contributed by atoms with E-state index in [2.05, 4.69) is 4.98 Å². The fourth-order valence-corrected chi connectivity index (χ4v) is 2.24. The topological polar surface area (TPSA) is 56.2 Å². The summed E-state index contributed by atoms with van der Waals surface area (Å²) in [5.41, 5.74) is 1.66. The summed E-state index contributed by atoms with van der Waals surface area (Å²) in [5, 5.41) is 0. The van der Waals surface area contributed by atoms with Gasteiger partial charge in [0, 0.05) is 0 Å². The van der Waals surface area contributed by atoms with Crippen molar-refractivity contribution in [3.05, 3.63) is 23.0 Å². The lowest BCUT2D eigenvalue weighted by Gasteiger charge is -2.07. The molecule has 0 atom stereocenters. The van der Waals surface area contributed by atoms with Crippen LogP contribution in [0, 0.1) is 4.77 Å². The summed E-state index contributed by atoms with van der Waals surface area (Å²) in [7, 11) is 0. The Labute approximate surface area is 122 Å². The third-order valence-electron chi connectivity index (χ3n) is 2.83. The predicted molar refractivity (Wildman–Crippen MR) is 79.5 cm³/mol. The van der Waals surface area contributed by atoms with Crippen molar-refractivity contribution < 1.29 is 14.3 Å². The molecule has 5 nitrogen and oxygen atoms in total. The standard InChI is InChI=1S/C14H18N2O3S/c1-3-8-19-11-7-5-6-10-13(11)15-14(20)16(10)9-12(17)18-4-2/h5-7H,3-4,8-9H2,1-2H3,(H,15,20). The van der Waals surface area contributed by atoms with Crippen LogP contribution in [-0.4, -0.2) is 28.7 Å². The number of hydrogen-bond acceptors (Lipinski definition) is 4. The number of aromatic amines is 1. The Hall–Kier alpha value is -1.82. The number of carbonyl (C=O) groups is 1. The summed E-state index contributed by atoms with van der Waals surface area (Å²) >= 11 is 5.27. The highest BCUT2D eigenvalue weighted by atomic mass is 32.1. The molecule has 0 unspecified atom stereocenters. The lowest BCUT2D eigenvalue weighted by Crippen LogP contribution is -2.13. The number of nitrogens with one attached hydrogen (secondary N) is 1. The number of H-pyrrole nitrogens is 1. The average molecular weight is 294 g/mol. The van der Waals surface area contributed by atoms with Crippen LogP contribution in [0.25, 0.3) is 11.0 Å². The van der Waals surface area contributed by atoms with Crippen LogP contribution >= 0.6 is 12.2 Å². The van der Waals surface area contributed by atoms with Gasteiger partial charge in [0.05, 0.1) is 18.7 Å². The molecule has 2 aromatic rings. The molecule has 0 saturated heterocycles. The smallest absolute Gasteiger partial charge is 0.326 e. The van der Waals surface area contributed by atoms with E-state index >= 15 is 0 Å². The molecule has 0 fully saturated rings. The van der Waals surface area contributed by atoms with Crippen molar-refractivity contribution in [2.24, 2.45) is 0 Å². The van der Waals surface area contributed by atoms with Gasteiger partial charge in [-0.3, -0.25) is 4.79 Å². The van der Waals surface area contributed by atoms with Crippen molar-refractivity contribution in [3.63, 3.8) is 0 Å². The van der Waals surface area contributed by atoms with Crippen molar-refractivity contribution in [2.45, 2.75) is 26.8 Å². The molecule has 0 aliphatic carbocycles. The van der Waals surface area contributed by atoms with Crippen molar-refractivity contribution in [1.82, 2.24) is 9.55 Å². The van der Waals surface area contributed by atoms with Gasteiger partial charge in [-0.15, -0.1) is 0 Å². The molecular formula is C14H18N2O3S. The van der Waals surface area contributed by atoms with Gasteiger partial charge in [0.15, 0.2) is 4.77 Å². The number of esters is 1. The van der Waals surface area contributed by atoms with E-state index in [1.807, 2.05) is 25.1 Å². The van der Waals surface area contributed by atoms with Crippen LogP contribution < -0.4 is 4.74 Å². The summed E-state index contributed by atoms with van der Waals surface area (Å²) in [6.45, 7) is 4.93. The first-order chi connectivity index (χ1) is 9.67. The molecule has 0 saturated carbocycles. The van der Waals surface area contributed by atoms with Crippen LogP contribution in [0.4, 0.5) is 0 Å². The van der Waals surface area contributed by atoms with Gasteiger partial charge in [-0.25, -0.2) is 0 Å². The summed E-state index contributed by atoms with van der Waals surface area (Å²) in [4.78, 5) is 14.7. The molecule has 6 heteroatoms. The number of rotatable bonds is 6. The van der Waals surface area contributed by atoms with Gasteiger partial charge in [-0.2, -0.15) is 0 Å². The first-order valence-electron chi connectivity index (χ1n) is 6.67. The molecule has 1 heterocycles. The monoisotopic (exact) mass is 294 g/mol. The second-order valence-corrected chi connectivity index (χ2v) is 4.71. The molecule has 20 heavy (non-hydrogen) atoms. The van der Waals surface area contributed by atoms with Gasteiger partial charge in [0.1, 0.15) is 17.8 Å².